The highest BCUT2D eigenvalue weighted by Crippen LogP contribution is 2.33. The Bertz CT molecular complexity index is 1650. The van der Waals surface area contributed by atoms with E-state index in [2.05, 4.69) is 4.98 Å². The number of hydrogen-bond acceptors (Lipinski definition) is 8. The van der Waals surface area contributed by atoms with E-state index in [1.807, 2.05) is 54.6 Å². The molecule has 0 saturated carbocycles. The van der Waals surface area contributed by atoms with Crippen LogP contribution in [0, 0.1) is 0 Å². The number of carbonyl (C=O) groups excluding carboxylic acids is 2. The van der Waals surface area contributed by atoms with Gasteiger partial charge in [0.1, 0.15) is 21.9 Å². The minimum Gasteiger partial charge on any atom is -0.460 e. The molecular formula is C28H19NO6S. The molecule has 0 saturated heterocycles. The van der Waals surface area contributed by atoms with Crippen molar-refractivity contribution in [1.82, 2.24) is 4.98 Å². The molecule has 0 unspecified atom stereocenters. The first kappa shape index (κ1) is 23.2. The van der Waals surface area contributed by atoms with Gasteiger partial charge in [-0.25, -0.2) is 14.6 Å². The van der Waals surface area contributed by atoms with Crippen molar-refractivity contribution in [3.8, 4) is 16.3 Å². The number of rotatable bonds is 6. The number of esters is 2. The Morgan fingerprint density at radius 3 is 2.58 bits per heavy atom. The molecule has 178 valence electrons. The van der Waals surface area contributed by atoms with E-state index in [4.69, 9.17) is 13.9 Å². The van der Waals surface area contributed by atoms with Gasteiger partial charge in [-0.05, 0) is 42.8 Å². The molecule has 0 aliphatic heterocycles. The molecule has 3 aromatic carbocycles. The van der Waals surface area contributed by atoms with Gasteiger partial charge in [-0.3, -0.25) is 4.79 Å². The van der Waals surface area contributed by atoms with E-state index >= 15 is 0 Å². The molecular weight excluding hydrogens is 478 g/mol. The van der Waals surface area contributed by atoms with Crippen molar-refractivity contribution < 1.29 is 23.5 Å². The molecule has 2 heterocycles. The molecule has 0 bridgehead atoms. The summed E-state index contributed by atoms with van der Waals surface area (Å²) in [5, 5.41) is 0.577. The second-order valence-electron chi connectivity index (χ2n) is 7.67. The third-order valence-corrected chi connectivity index (χ3v) is 6.32. The fraction of sp³-hybridized carbons (Fsp3) is 0.0714. The Morgan fingerprint density at radius 2 is 1.81 bits per heavy atom. The molecule has 0 aliphatic rings. The minimum absolute atomic E-state index is 0.0395. The Hall–Kier alpha value is -4.56. The van der Waals surface area contributed by atoms with Crippen molar-refractivity contribution in [2.45, 2.75) is 6.92 Å². The Morgan fingerprint density at radius 1 is 1.03 bits per heavy atom. The second kappa shape index (κ2) is 9.97. The van der Waals surface area contributed by atoms with Gasteiger partial charge in [-0.1, -0.05) is 42.5 Å². The van der Waals surface area contributed by atoms with E-state index in [9.17, 15) is 14.4 Å². The maximum atomic E-state index is 13.5. The summed E-state index contributed by atoms with van der Waals surface area (Å²) in [6, 6.07) is 21.1. The number of aromatic nitrogens is 1. The number of hydrogen-bond donors (Lipinski definition) is 0. The normalized spacial score (nSPS) is 11.2. The molecule has 7 nitrogen and oxygen atoms in total. The maximum absolute atomic E-state index is 13.5. The first-order chi connectivity index (χ1) is 17.5. The van der Waals surface area contributed by atoms with Crippen molar-refractivity contribution in [3.63, 3.8) is 0 Å². The SMILES string of the molecule is CCOC(=O)c1oc2cc(OC(=O)C=Cc3ccccc3)ccc2c(=O)c1-c1nc2ccccc2s1. The van der Waals surface area contributed by atoms with Crippen molar-refractivity contribution in [3.05, 3.63) is 100 Å². The highest BCUT2D eigenvalue weighted by atomic mass is 32.1. The van der Waals surface area contributed by atoms with Crippen LogP contribution in [-0.2, 0) is 9.53 Å². The first-order valence-corrected chi connectivity index (χ1v) is 11.9. The quantitative estimate of drug-likeness (QED) is 0.165. The van der Waals surface area contributed by atoms with Gasteiger partial charge >= 0.3 is 11.9 Å². The highest BCUT2D eigenvalue weighted by Gasteiger charge is 2.25. The van der Waals surface area contributed by atoms with Crippen molar-refractivity contribution in [2.24, 2.45) is 0 Å². The fourth-order valence-corrected chi connectivity index (χ4v) is 4.63. The summed E-state index contributed by atoms with van der Waals surface area (Å²) in [5.74, 6) is -1.46. The number of benzene rings is 3. The molecule has 0 N–H and O–H groups in total. The fourth-order valence-electron chi connectivity index (χ4n) is 3.63. The van der Waals surface area contributed by atoms with Gasteiger partial charge in [0.25, 0.3) is 0 Å². The van der Waals surface area contributed by atoms with Crippen LogP contribution in [0.1, 0.15) is 23.0 Å². The summed E-state index contributed by atoms with van der Waals surface area (Å²) in [6.45, 7) is 1.76. The molecule has 5 aromatic rings. The number of fused-ring (bicyclic) bond motifs is 2. The smallest absolute Gasteiger partial charge is 0.375 e. The van der Waals surface area contributed by atoms with Crippen LogP contribution in [-0.4, -0.2) is 23.5 Å². The van der Waals surface area contributed by atoms with Gasteiger partial charge in [0.05, 0.1) is 22.2 Å². The molecule has 0 aliphatic carbocycles. The monoisotopic (exact) mass is 497 g/mol. The molecule has 0 radical (unpaired) electrons. The van der Waals surface area contributed by atoms with Gasteiger partial charge in [0, 0.05) is 12.1 Å². The number of ether oxygens (including phenoxy) is 2. The standard InChI is InChI=1S/C28H19NO6S/c1-2-33-28(32)26-24(27-29-20-10-6-7-11-22(20)36-27)25(31)19-14-13-18(16-21(19)35-26)34-23(30)15-12-17-8-4-3-5-9-17/h3-16H,2H2,1H3. The molecule has 0 amide bonds. The van der Waals surface area contributed by atoms with Crippen molar-refractivity contribution in [1.29, 1.82) is 0 Å². The van der Waals surface area contributed by atoms with Crippen LogP contribution in [0.15, 0.2) is 88.1 Å². The van der Waals surface area contributed by atoms with Gasteiger partial charge in [0.15, 0.2) is 0 Å². The summed E-state index contributed by atoms with van der Waals surface area (Å²) in [5.41, 5.74) is 1.25. The lowest BCUT2D eigenvalue weighted by molar-refractivity contribution is -0.128. The largest absolute Gasteiger partial charge is 0.460 e. The van der Waals surface area contributed by atoms with Crippen molar-refractivity contribution >= 4 is 50.5 Å². The van der Waals surface area contributed by atoms with E-state index in [1.165, 1.54) is 35.6 Å². The van der Waals surface area contributed by atoms with E-state index < -0.39 is 17.4 Å². The van der Waals surface area contributed by atoms with Crippen LogP contribution >= 0.6 is 11.3 Å². The van der Waals surface area contributed by atoms with E-state index in [-0.39, 0.29) is 34.6 Å². The van der Waals surface area contributed by atoms with Crippen molar-refractivity contribution in [2.75, 3.05) is 6.61 Å². The molecule has 0 fully saturated rings. The molecule has 0 spiro atoms. The van der Waals surface area contributed by atoms with Crippen LogP contribution in [0.2, 0.25) is 0 Å². The van der Waals surface area contributed by atoms with E-state index in [0.29, 0.717) is 10.5 Å². The van der Waals surface area contributed by atoms with Crippen LogP contribution in [0.5, 0.6) is 5.75 Å². The van der Waals surface area contributed by atoms with Gasteiger partial charge in [0.2, 0.25) is 11.2 Å². The highest BCUT2D eigenvalue weighted by molar-refractivity contribution is 7.21. The number of thiazole rings is 1. The second-order valence-corrected chi connectivity index (χ2v) is 8.70. The third kappa shape index (κ3) is 4.67. The van der Waals surface area contributed by atoms with E-state index in [1.54, 1.807) is 13.0 Å². The van der Waals surface area contributed by atoms with Gasteiger partial charge in [-0.2, -0.15) is 0 Å². The topological polar surface area (TPSA) is 95.7 Å². The lowest BCUT2D eigenvalue weighted by Crippen LogP contribution is -2.15. The summed E-state index contributed by atoms with van der Waals surface area (Å²) in [4.78, 5) is 43.1. The summed E-state index contributed by atoms with van der Waals surface area (Å²) in [6.07, 6.45) is 2.93. The Kier molecular flexibility index (Phi) is 6.42. The summed E-state index contributed by atoms with van der Waals surface area (Å²) < 4.78 is 17.3. The minimum atomic E-state index is -0.779. The van der Waals surface area contributed by atoms with Crippen LogP contribution < -0.4 is 10.2 Å². The van der Waals surface area contributed by atoms with Gasteiger partial charge in [-0.15, -0.1) is 11.3 Å². The average Bonchev–Trinajstić information content (AvgIpc) is 3.32. The molecule has 36 heavy (non-hydrogen) atoms. The molecule has 0 atom stereocenters. The zero-order valence-electron chi connectivity index (χ0n) is 19.1. The zero-order valence-corrected chi connectivity index (χ0v) is 19.9. The lowest BCUT2D eigenvalue weighted by atomic mass is 10.1. The third-order valence-electron chi connectivity index (χ3n) is 5.26. The predicted octanol–water partition coefficient (Wildman–Crippen LogP) is 5.87. The zero-order chi connectivity index (χ0) is 25.1. The van der Waals surface area contributed by atoms with E-state index in [0.717, 1.165) is 10.3 Å². The Labute approximate surface area is 209 Å². The molecule has 2 aromatic heterocycles. The summed E-state index contributed by atoms with van der Waals surface area (Å²) in [7, 11) is 0. The maximum Gasteiger partial charge on any atom is 0.375 e. The molecule has 5 rings (SSSR count). The number of nitrogens with zero attached hydrogens (tertiary/aromatic N) is 1. The summed E-state index contributed by atoms with van der Waals surface area (Å²) >= 11 is 1.28. The van der Waals surface area contributed by atoms with Gasteiger partial charge < -0.3 is 13.9 Å². The number of para-hydroxylation sites is 1. The average molecular weight is 498 g/mol. The number of carbonyl (C=O) groups is 2. The van der Waals surface area contributed by atoms with Crippen LogP contribution in [0.25, 0.3) is 37.8 Å². The first-order valence-electron chi connectivity index (χ1n) is 11.1. The molecule has 8 heteroatoms. The Balaban J connectivity index is 1.55. The predicted molar refractivity (Wildman–Crippen MR) is 138 cm³/mol. The van der Waals surface area contributed by atoms with Crippen LogP contribution in [0.3, 0.4) is 0 Å². The lowest BCUT2D eigenvalue weighted by Gasteiger charge is -2.09. The van der Waals surface area contributed by atoms with Crippen LogP contribution in [0.4, 0.5) is 0 Å².